The lowest BCUT2D eigenvalue weighted by atomic mass is 10.1. The molecule has 1 saturated heterocycles. The van der Waals surface area contributed by atoms with Crippen LogP contribution in [0.15, 0.2) is 53.4 Å². The summed E-state index contributed by atoms with van der Waals surface area (Å²) in [7, 11) is -3.66. The molecular formula is C19H21N3O2S. The van der Waals surface area contributed by atoms with Crippen LogP contribution in [-0.4, -0.2) is 30.0 Å². The molecule has 0 radical (unpaired) electrons. The Balaban J connectivity index is 1.90. The van der Waals surface area contributed by atoms with Gasteiger partial charge in [-0.05, 0) is 56.6 Å². The van der Waals surface area contributed by atoms with Crippen LogP contribution in [0, 0.1) is 6.92 Å². The molecule has 2 aromatic heterocycles. The number of aryl methyl sites for hydroxylation is 1. The second-order valence-corrected chi connectivity index (χ2v) is 8.36. The maximum Gasteiger partial charge on any atom is 0.268 e. The molecule has 1 aliphatic heterocycles. The van der Waals surface area contributed by atoms with Crippen LogP contribution in [0.5, 0.6) is 0 Å². The average molecular weight is 355 g/mol. The second kappa shape index (κ2) is 6.28. The molecule has 0 spiro atoms. The summed E-state index contributed by atoms with van der Waals surface area (Å²) in [5.41, 5.74) is 3.04. The minimum absolute atomic E-state index is 0.300. The van der Waals surface area contributed by atoms with E-state index in [1.807, 2.05) is 31.2 Å². The first-order chi connectivity index (χ1) is 12.1. The van der Waals surface area contributed by atoms with Crippen molar-refractivity contribution in [2.75, 3.05) is 6.54 Å². The van der Waals surface area contributed by atoms with E-state index in [2.05, 4.69) is 10.3 Å². The third-order valence-corrected chi connectivity index (χ3v) is 6.50. The zero-order chi connectivity index (χ0) is 17.4. The Hall–Kier alpha value is -2.18. The maximum atomic E-state index is 13.3. The standard InChI is InChI=1S/C19H21N3O2S/c1-14-9-10-19-18(21-14)13-16(12-15-6-5-11-20-15)22(19)25(23,24)17-7-3-2-4-8-17/h2-4,7-10,13,15,20H,5-6,11-12H2,1H3/t15-/m1/s1. The number of pyridine rings is 1. The van der Waals surface area contributed by atoms with Crippen LogP contribution in [0.3, 0.4) is 0 Å². The predicted molar refractivity (Wildman–Crippen MR) is 98.2 cm³/mol. The van der Waals surface area contributed by atoms with Gasteiger partial charge in [-0.15, -0.1) is 0 Å². The van der Waals surface area contributed by atoms with Crippen LogP contribution in [-0.2, 0) is 16.4 Å². The van der Waals surface area contributed by atoms with Crippen LogP contribution < -0.4 is 5.32 Å². The van der Waals surface area contributed by atoms with Crippen molar-refractivity contribution in [3.8, 4) is 0 Å². The fourth-order valence-corrected chi connectivity index (χ4v) is 5.09. The Morgan fingerprint density at radius 2 is 2.00 bits per heavy atom. The van der Waals surface area contributed by atoms with E-state index in [0.29, 0.717) is 22.9 Å². The quantitative estimate of drug-likeness (QED) is 0.782. The van der Waals surface area contributed by atoms with E-state index < -0.39 is 10.0 Å². The molecule has 0 aliphatic carbocycles. The highest BCUT2D eigenvalue weighted by Gasteiger charge is 2.25. The van der Waals surface area contributed by atoms with Crippen molar-refractivity contribution >= 4 is 21.1 Å². The highest BCUT2D eigenvalue weighted by molar-refractivity contribution is 7.90. The molecule has 0 bridgehead atoms. The lowest BCUT2D eigenvalue weighted by Gasteiger charge is -2.15. The van der Waals surface area contributed by atoms with E-state index in [4.69, 9.17) is 0 Å². The number of benzene rings is 1. The molecular weight excluding hydrogens is 334 g/mol. The summed E-state index contributed by atoms with van der Waals surface area (Å²) in [6.07, 6.45) is 2.88. The minimum Gasteiger partial charge on any atom is -0.314 e. The lowest BCUT2D eigenvalue weighted by Crippen LogP contribution is -2.26. The molecule has 1 N–H and O–H groups in total. The van der Waals surface area contributed by atoms with Crippen molar-refractivity contribution in [1.82, 2.24) is 14.3 Å². The van der Waals surface area contributed by atoms with E-state index in [9.17, 15) is 8.42 Å². The molecule has 5 nitrogen and oxygen atoms in total. The van der Waals surface area contributed by atoms with Crippen molar-refractivity contribution < 1.29 is 8.42 Å². The van der Waals surface area contributed by atoms with Gasteiger partial charge in [0.1, 0.15) is 0 Å². The Labute approximate surface area is 147 Å². The Kier molecular flexibility index (Phi) is 4.09. The van der Waals surface area contributed by atoms with Gasteiger partial charge in [0.15, 0.2) is 0 Å². The molecule has 1 aromatic carbocycles. The van der Waals surface area contributed by atoms with E-state index in [-0.39, 0.29) is 0 Å². The molecule has 3 aromatic rings. The van der Waals surface area contributed by atoms with Gasteiger partial charge in [-0.25, -0.2) is 12.4 Å². The van der Waals surface area contributed by atoms with Gasteiger partial charge in [0, 0.05) is 23.9 Å². The van der Waals surface area contributed by atoms with Crippen LogP contribution >= 0.6 is 0 Å². The van der Waals surface area contributed by atoms with Crippen molar-refractivity contribution in [2.45, 2.75) is 37.1 Å². The number of hydrogen-bond donors (Lipinski definition) is 1. The van der Waals surface area contributed by atoms with E-state index >= 15 is 0 Å². The minimum atomic E-state index is -3.66. The van der Waals surface area contributed by atoms with E-state index in [1.165, 1.54) is 3.97 Å². The summed E-state index contributed by atoms with van der Waals surface area (Å²) in [5, 5.41) is 3.45. The smallest absolute Gasteiger partial charge is 0.268 e. The number of hydrogen-bond acceptors (Lipinski definition) is 4. The highest BCUT2D eigenvalue weighted by atomic mass is 32.2. The largest absolute Gasteiger partial charge is 0.314 e. The molecule has 4 rings (SSSR count). The van der Waals surface area contributed by atoms with Crippen LogP contribution in [0.2, 0.25) is 0 Å². The lowest BCUT2D eigenvalue weighted by molar-refractivity contribution is 0.573. The molecule has 3 heterocycles. The fourth-order valence-electron chi connectivity index (χ4n) is 3.53. The number of aromatic nitrogens is 2. The van der Waals surface area contributed by atoms with Crippen molar-refractivity contribution in [3.63, 3.8) is 0 Å². The van der Waals surface area contributed by atoms with Gasteiger partial charge in [0.05, 0.1) is 15.9 Å². The molecule has 6 heteroatoms. The molecule has 0 unspecified atom stereocenters. The third kappa shape index (κ3) is 2.96. The van der Waals surface area contributed by atoms with Gasteiger partial charge in [-0.1, -0.05) is 18.2 Å². The summed E-state index contributed by atoms with van der Waals surface area (Å²) < 4.78 is 28.1. The molecule has 25 heavy (non-hydrogen) atoms. The van der Waals surface area contributed by atoms with Gasteiger partial charge in [0.25, 0.3) is 10.0 Å². The number of nitrogens with zero attached hydrogens (tertiary/aromatic N) is 2. The summed E-state index contributed by atoms with van der Waals surface area (Å²) >= 11 is 0. The van der Waals surface area contributed by atoms with Crippen molar-refractivity contribution in [2.24, 2.45) is 0 Å². The SMILES string of the molecule is Cc1ccc2c(cc(C[C@H]3CCCN3)n2S(=O)(=O)c2ccccc2)n1. The molecule has 0 amide bonds. The highest BCUT2D eigenvalue weighted by Crippen LogP contribution is 2.27. The zero-order valence-electron chi connectivity index (χ0n) is 14.1. The van der Waals surface area contributed by atoms with Gasteiger partial charge in [-0.2, -0.15) is 0 Å². The Morgan fingerprint density at radius 1 is 1.20 bits per heavy atom. The second-order valence-electron chi connectivity index (χ2n) is 6.57. The average Bonchev–Trinajstić information content (AvgIpc) is 3.23. The summed E-state index contributed by atoms with van der Waals surface area (Å²) in [5.74, 6) is 0. The topological polar surface area (TPSA) is 64.0 Å². The van der Waals surface area contributed by atoms with Crippen LogP contribution in [0.25, 0.3) is 11.0 Å². The zero-order valence-corrected chi connectivity index (χ0v) is 15.0. The monoisotopic (exact) mass is 355 g/mol. The van der Waals surface area contributed by atoms with Gasteiger partial charge in [0.2, 0.25) is 0 Å². The number of rotatable bonds is 4. The van der Waals surface area contributed by atoms with Gasteiger partial charge >= 0.3 is 0 Å². The van der Waals surface area contributed by atoms with Crippen LogP contribution in [0.4, 0.5) is 0 Å². The van der Waals surface area contributed by atoms with Gasteiger partial charge in [-0.3, -0.25) is 4.98 Å². The number of nitrogens with one attached hydrogen (secondary N) is 1. The summed E-state index contributed by atoms with van der Waals surface area (Å²) in [4.78, 5) is 4.83. The van der Waals surface area contributed by atoms with Crippen molar-refractivity contribution in [3.05, 3.63) is 59.9 Å². The maximum absolute atomic E-state index is 13.3. The first-order valence-electron chi connectivity index (χ1n) is 8.58. The van der Waals surface area contributed by atoms with Gasteiger partial charge < -0.3 is 5.32 Å². The molecule has 1 atom stereocenters. The normalized spacial score (nSPS) is 18.0. The van der Waals surface area contributed by atoms with E-state index in [1.54, 1.807) is 24.3 Å². The molecule has 1 fully saturated rings. The molecule has 1 aliphatic rings. The Morgan fingerprint density at radius 3 is 2.72 bits per heavy atom. The summed E-state index contributed by atoms with van der Waals surface area (Å²) in [6.45, 7) is 2.91. The number of fused-ring (bicyclic) bond motifs is 1. The third-order valence-electron chi connectivity index (χ3n) is 4.72. The Bertz CT molecular complexity index is 1000. The molecule has 130 valence electrons. The fraction of sp³-hybridized carbons (Fsp3) is 0.316. The van der Waals surface area contributed by atoms with Crippen molar-refractivity contribution in [1.29, 1.82) is 0 Å². The predicted octanol–water partition coefficient (Wildman–Crippen LogP) is 2.88. The molecule has 0 saturated carbocycles. The summed E-state index contributed by atoms with van der Waals surface area (Å²) in [6, 6.07) is 14.5. The van der Waals surface area contributed by atoms with E-state index in [0.717, 1.165) is 36.3 Å². The first kappa shape index (κ1) is 16.3. The van der Waals surface area contributed by atoms with Crippen LogP contribution in [0.1, 0.15) is 24.2 Å². The first-order valence-corrected chi connectivity index (χ1v) is 10.0.